The number of para-hydroxylation sites is 1. The van der Waals surface area contributed by atoms with E-state index < -0.39 is 7.12 Å². The van der Waals surface area contributed by atoms with Gasteiger partial charge in [0.1, 0.15) is 5.65 Å². The Morgan fingerprint density at radius 1 is 0.703 bits per heavy atom. The predicted molar refractivity (Wildman–Crippen MR) is 152 cm³/mol. The number of benzene rings is 3. The van der Waals surface area contributed by atoms with Gasteiger partial charge in [-0.25, -0.2) is 4.98 Å². The van der Waals surface area contributed by atoms with Gasteiger partial charge in [-0.1, -0.05) is 68.4 Å². The minimum Gasteiger partial charge on any atom is -0.399 e. The van der Waals surface area contributed by atoms with Crippen molar-refractivity contribution in [3.05, 3.63) is 90.1 Å². The SMILES string of the molecule is CC1(C)c2ccccc2-c2cc3c4ccccc4n(-c4cccc(B5OC(C)(C)C(C)(C)O5)c4)c3nc21. The van der Waals surface area contributed by atoms with Crippen LogP contribution in [0.4, 0.5) is 0 Å². The second kappa shape index (κ2) is 7.34. The highest BCUT2D eigenvalue weighted by Gasteiger charge is 2.51. The molecule has 5 aromatic rings. The molecule has 2 aromatic heterocycles. The molecule has 7 rings (SSSR count). The molecule has 4 nitrogen and oxygen atoms in total. The standard InChI is InChI=1S/C32H31BN2O2/c1-30(2)26-16-9-7-14-22(26)24-19-25-23-15-8-10-17-27(23)35(29(25)34-28(24)30)21-13-11-12-20(18-21)33-36-31(3,4)32(5,6)37-33/h7-19H,1-6H3. The Labute approximate surface area is 218 Å². The molecule has 1 fully saturated rings. The van der Waals surface area contributed by atoms with Gasteiger partial charge in [0, 0.05) is 27.4 Å². The maximum atomic E-state index is 6.37. The van der Waals surface area contributed by atoms with Crippen molar-refractivity contribution in [2.45, 2.75) is 58.2 Å². The lowest BCUT2D eigenvalue weighted by Crippen LogP contribution is -2.41. The fraction of sp³-hybridized carbons (Fsp3) is 0.281. The third kappa shape index (κ3) is 3.08. The minimum atomic E-state index is -0.413. The van der Waals surface area contributed by atoms with E-state index in [4.69, 9.17) is 14.3 Å². The van der Waals surface area contributed by atoms with E-state index in [9.17, 15) is 0 Å². The van der Waals surface area contributed by atoms with Crippen molar-refractivity contribution in [1.82, 2.24) is 9.55 Å². The van der Waals surface area contributed by atoms with Gasteiger partial charge in [-0.05, 0) is 68.6 Å². The minimum absolute atomic E-state index is 0.161. The first-order chi connectivity index (χ1) is 17.6. The van der Waals surface area contributed by atoms with E-state index >= 15 is 0 Å². The molecule has 0 saturated carbocycles. The van der Waals surface area contributed by atoms with E-state index in [-0.39, 0.29) is 16.6 Å². The average molecular weight is 486 g/mol. The van der Waals surface area contributed by atoms with E-state index in [1.165, 1.54) is 27.5 Å². The molecule has 5 heteroatoms. The van der Waals surface area contributed by atoms with E-state index in [1.807, 2.05) is 0 Å². The third-order valence-corrected chi connectivity index (χ3v) is 8.79. The molecule has 0 amide bonds. The number of hydrogen-bond acceptors (Lipinski definition) is 3. The Bertz CT molecular complexity index is 1710. The number of nitrogens with zero attached hydrogens (tertiary/aromatic N) is 2. The highest BCUT2D eigenvalue weighted by Crippen LogP contribution is 2.49. The Kier molecular flexibility index (Phi) is 4.51. The number of hydrogen-bond donors (Lipinski definition) is 0. The first kappa shape index (κ1) is 22.8. The van der Waals surface area contributed by atoms with E-state index in [2.05, 4.69) is 125 Å². The molecule has 3 aromatic carbocycles. The summed E-state index contributed by atoms with van der Waals surface area (Å²) in [7, 11) is -0.413. The topological polar surface area (TPSA) is 36.3 Å². The quantitative estimate of drug-likeness (QED) is 0.258. The molecule has 2 aliphatic rings. The number of fused-ring (bicyclic) bond motifs is 6. The molecule has 0 atom stereocenters. The van der Waals surface area contributed by atoms with Crippen molar-refractivity contribution < 1.29 is 9.31 Å². The van der Waals surface area contributed by atoms with Gasteiger partial charge in [-0.15, -0.1) is 0 Å². The van der Waals surface area contributed by atoms with Gasteiger partial charge >= 0.3 is 7.12 Å². The lowest BCUT2D eigenvalue weighted by atomic mass is 9.79. The Morgan fingerprint density at radius 3 is 2.19 bits per heavy atom. The summed E-state index contributed by atoms with van der Waals surface area (Å²) in [5.41, 5.74) is 8.25. The van der Waals surface area contributed by atoms with Crippen molar-refractivity contribution >= 4 is 34.5 Å². The van der Waals surface area contributed by atoms with E-state index in [0.717, 1.165) is 28.0 Å². The van der Waals surface area contributed by atoms with Crippen LogP contribution in [0.25, 0.3) is 38.8 Å². The molecule has 37 heavy (non-hydrogen) atoms. The Morgan fingerprint density at radius 2 is 1.41 bits per heavy atom. The summed E-state index contributed by atoms with van der Waals surface area (Å²) in [4.78, 5) is 5.41. The molecular weight excluding hydrogens is 455 g/mol. The molecule has 184 valence electrons. The van der Waals surface area contributed by atoms with Crippen LogP contribution >= 0.6 is 0 Å². The molecule has 0 radical (unpaired) electrons. The summed E-state index contributed by atoms with van der Waals surface area (Å²) >= 11 is 0. The van der Waals surface area contributed by atoms with E-state index in [0.29, 0.717) is 0 Å². The van der Waals surface area contributed by atoms with Crippen LogP contribution in [0.15, 0.2) is 78.9 Å². The largest absolute Gasteiger partial charge is 0.494 e. The van der Waals surface area contributed by atoms with Crippen molar-refractivity contribution in [3.63, 3.8) is 0 Å². The maximum absolute atomic E-state index is 6.37. The summed E-state index contributed by atoms with van der Waals surface area (Å²) in [6, 6.07) is 28.2. The summed E-state index contributed by atoms with van der Waals surface area (Å²) < 4.78 is 15.0. The highest BCUT2D eigenvalue weighted by molar-refractivity contribution is 6.62. The molecule has 0 bridgehead atoms. The van der Waals surface area contributed by atoms with Crippen LogP contribution in [0.5, 0.6) is 0 Å². The Hall–Kier alpha value is -3.41. The number of pyridine rings is 1. The lowest BCUT2D eigenvalue weighted by molar-refractivity contribution is 0.00578. The molecule has 1 aliphatic carbocycles. The molecule has 1 aliphatic heterocycles. The van der Waals surface area contributed by atoms with E-state index in [1.54, 1.807) is 0 Å². The highest BCUT2D eigenvalue weighted by atomic mass is 16.7. The first-order valence-corrected chi connectivity index (χ1v) is 13.1. The lowest BCUT2D eigenvalue weighted by Gasteiger charge is -2.32. The molecule has 3 heterocycles. The fourth-order valence-electron chi connectivity index (χ4n) is 6.01. The Balaban J connectivity index is 1.46. The zero-order valence-electron chi connectivity index (χ0n) is 22.3. The van der Waals surface area contributed by atoms with Crippen LogP contribution in [-0.2, 0) is 14.7 Å². The van der Waals surface area contributed by atoms with Gasteiger partial charge in [0.2, 0.25) is 0 Å². The summed E-state index contributed by atoms with van der Waals surface area (Å²) in [5, 5.41) is 2.37. The van der Waals surface area contributed by atoms with Crippen LogP contribution in [0.3, 0.4) is 0 Å². The number of aromatic nitrogens is 2. The van der Waals surface area contributed by atoms with Gasteiger partial charge in [0.15, 0.2) is 0 Å². The van der Waals surface area contributed by atoms with Crippen LogP contribution in [0.1, 0.15) is 52.8 Å². The molecule has 0 N–H and O–H groups in total. The summed E-state index contributed by atoms with van der Waals surface area (Å²) in [6.07, 6.45) is 0. The van der Waals surface area contributed by atoms with Gasteiger partial charge in [-0.2, -0.15) is 0 Å². The fourth-order valence-corrected chi connectivity index (χ4v) is 6.01. The van der Waals surface area contributed by atoms with Crippen molar-refractivity contribution in [2.24, 2.45) is 0 Å². The van der Waals surface area contributed by atoms with Gasteiger partial charge in [-0.3, -0.25) is 4.57 Å². The second-order valence-electron chi connectivity index (χ2n) is 12.0. The number of rotatable bonds is 2. The maximum Gasteiger partial charge on any atom is 0.494 e. The van der Waals surface area contributed by atoms with Crippen molar-refractivity contribution in [3.8, 4) is 16.8 Å². The zero-order chi connectivity index (χ0) is 25.7. The zero-order valence-corrected chi connectivity index (χ0v) is 22.3. The first-order valence-electron chi connectivity index (χ1n) is 13.1. The predicted octanol–water partition coefficient (Wildman–Crippen LogP) is 6.78. The van der Waals surface area contributed by atoms with Crippen LogP contribution in [0.2, 0.25) is 0 Å². The van der Waals surface area contributed by atoms with Gasteiger partial charge in [0.25, 0.3) is 0 Å². The molecule has 0 unspecified atom stereocenters. The van der Waals surface area contributed by atoms with Gasteiger partial charge < -0.3 is 9.31 Å². The van der Waals surface area contributed by atoms with Crippen molar-refractivity contribution in [2.75, 3.05) is 0 Å². The molecular formula is C32H31BN2O2. The van der Waals surface area contributed by atoms with Gasteiger partial charge in [0.05, 0.1) is 22.4 Å². The summed E-state index contributed by atoms with van der Waals surface area (Å²) in [6.45, 7) is 12.9. The normalized spacial score (nSPS) is 18.9. The average Bonchev–Trinajstić information content (AvgIpc) is 3.40. The second-order valence-corrected chi connectivity index (χ2v) is 12.0. The van der Waals surface area contributed by atoms with Crippen LogP contribution in [-0.4, -0.2) is 27.9 Å². The van der Waals surface area contributed by atoms with Crippen LogP contribution < -0.4 is 5.46 Å². The van der Waals surface area contributed by atoms with Crippen LogP contribution in [0, 0.1) is 0 Å². The smallest absolute Gasteiger partial charge is 0.399 e. The molecule has 0 spiro atoms. The summed E-state index contributed by atoms with van der Waals surface area (Å²) in [5.74, 6) is 0. The van der Waals surface area contributed by atoms with Crippen molar-refractivity contribution in [1.29, 1.82) is 0 Å². The third-order valence-electron chi connectivity index (χ3n) is 8.79. The molecule has 1 saturated heterocycles. The monoisotopic (exact) mass is 486 g/mol.